The van der Waals surface area contributed by atoms with Crippen LogP contribution in [0, 0.1) is 0 Å². The Labute approximate surface area is 491 Å². The predicted octanol–water partition coefficient (Wildman–Crippen LogP) is 23.7. The van der Waals surface area contributed by atoms with Crippen LogP contribution < -0.4 is 0 Å². The molecule has 6 heteroatoms. The van der Waals surface area contributed by atoms with E-state index in [0.717, 1.165) is 96.3 Å². The fourth-order valence-corrected chi connectivity index (χ4v) is 10.1. The zero-order valence-corrected chi connectivity index (χ0v) is 52.6. The highest BCUT2D eigenvalue weighted by molar-refractivity contribution is 5.71. The molecule has 0 aliphatic heterocycles. The van der Waals surface area contributed by atoms with Gasteiger partial charge in [0.15, 0.2) is 6.10 Å². The standard InChI is InChI=1S/C73H130O6/c1-4-7-10-13-16-19-22-25-28-31-33-35-36-38-39-42-45-48-51-54-57-60-63-66-72(75)78-69-70(68-77-71(74)65-62-59-56-53-50-47-44-41-30-27-24-21-18-15-12-9-6-3)79-73(76)67-64-61-58-55-52-49-46-43-40-37-34-32-29-26-23-20-17-14-11-8-5-2/h7,10,16,18-19,21,25,27-28,30,33,35,70H,4-6,8-9,11-15,17,20,22-24,26,29,31-32,34,36-69H2,1-3H3/b10-7-,19-16-,21-18-,28-25-,30-27-,35-33-. The average molecular weight is 1100 g/mol. The van der Waals surface area contributed by atoms with Crippen LogP contribution in [0.5, 0.6) is 0 Å². The lowest BCUT2D eigenvalue weighted by atomic mass is 10.0. The van der Waals surface area contributed by atoms with Crippen LogP contribution in [0.3, 0.4) is 0 Å². The third kappa shape index (κ3) is 65.5. The van der Waals surface area contributed by atoms with E-state index in [4.69, 9.17) is 14.2 Å². The van der Waals surface area contributed by atoms with Crippen LogP contribution >= 0.6 is 0 Å². The zero-order chi connectivity index (χ0) is 57.1. The molecule has 0 aliphatic rings. The maximum atomic E-state index is 13.0. The maximum Gasteiger partial charge on any atom is 0.306 e. The minimum Gasteiger partial charge on any atom is -0.462 e. The van der Waals surface area contributed by atoms with Crippen molar-refractivity contribution in [2.45, 2.75) is 361 Å². The predicted molar refractivity (Wildman–Crippen MR) is 344 cm³/mol. The van der Waals surface area contributed by atoms with Crippen LogP contribution in [-0.2, 0) is 28.6 Å². The molecular formula is C73H130O6. The Morgan fingerprint density at radius 3 is 0.797 bits per heavy atom. The van der Waals surface area contributed by atoms with Crippen molar-refractivity contribution in [3.05, 3.63) is 72.9 Å². The van der Waals surface area contributed by atoms with Gasteiger partial charge in [-0.15, -0.1) is 0 Å². The van der Waals surface area contributed by atoms with Gasteiger partial charge in [-0.25, -0.2) is 0 Å². The van der Waals surface area contributed by atoms with Crippen LogP contribution in [0.4, 0.5) is 0 Å². The number of esters is 3. The number of carbonyl (C=O) groups excluding carboxylic acids is 3. The molecule has 0 saturated heterocycles. The van der Waals surface area contributed by atoms with E-state index in [1.807, 2.05) is 0 Å². The summed E-state index contributed by atoms with van der Waals surface area (Å²) in [6.07, 6.45) is 87.7. The summed E-state index contributed by atoms with van der Waals surface area (Å²) >= 11 is 0. The zero-order valence-electron chi connectivity index (χ0n) is 52.6. The summed E-state index contributed by atoms with van der Waals surface area (Å²) in [4.78, 5) is 38.5. The Kier molecular flexibility index (Phi) is 64.7. The number of hydrogen-bond acceptors (Lipinski definition) is 6. The summed E-state index contributed by atoms with van der Waals surface area (Å²) in [5.74, 6) is -0.866. The van der Waals surface area contributed by atoms with E-state index in [1.54, 1.807) is 0 Å². The van der Waals surface area contributed by atoms with Gasteiger partial charge in [-0.05, 0) is 89.9 Å². The van der Waals surface area contributed by atoms with Crippen molar-refractivity contribution < 1.29 is 28.6 Å². The summed E-state index contributed by atoms with van der Waals surface area (Å²) in [6.45, 7) is 6.55. The Bertz CT molecular complexity index is 1450. The number of rotatable bonds is 63. The Hall–Kier alpha value is -3.15. The highest BCUT2D eigenvalue weighted by Crippen LogP contribution is 2.18. The molecule has 0 spiro atoms. The third-order valence-electron chi connectivity index (χ3n) is 15.2. The Morgan fingerprint density at radius 2 is 0.494 bits per heavy atom. The number of ether oxygens (including phenoxy) is 3. The molecule has 0 aromatic rings. The van der Waals surface area contributed by atoms with Crippen molar-refractivity contribution >= 4 is 17.9 Å². The van der Waals surface area contributed by atoms with Gasteiger partial charge in [-0.1, -0.05) is 318 Å². The molecule has 1 unspecified atom stereocenters. The molecule has 0 heterocycles. The Balaban J connectivity index is 4.34. The van der Waals surface area contributed by atoms with Crippen molar-refractivity contribution in [1.29, 1.82) is 0 Å². The van der Waals surface area contributed by atoms with Gasteiger partial charge in [-0.2, -0.15) is 0 Å². The molecule has 0 aromatic carbocycles. The molecule has 0 bridgehead atoms. The van der Waals surface area contributed by atoms with Crippen molar-refractivity contribution in [3.63, 3.8) is 0 Å². The highest BCUT2D eigenvalue weighted by Gasteiger charge is 2.19. The van der Waals surface area contributed by atoms with Gasteiger partial charge in [0.05, 0.1) is 0 Å². The molecule has 0 saturated carbocycles. The molecule has 458 valence electrons. The lowest BCUT2D eigenvalue weighted by Gasteiger charge is -2.18. The second-order valence-corrected chi connectivity index (χ2v) is 23.1. The molecule has 0 N–H and O–H groups in total. The normalized spacial score (nSPS) is 12.5. The average Bonchev–Trinajstić information content (AvgIpc) is 3.45. The minimum absolute atomic E-state index is 0.0768. The fraction of sp³-hybridized carbons (Fsp3) is 0.795. The number of carbonyl (C=O) groups is 3. The van der Waals surface area contributed by atoms with Gasteiger partial charge in [0.25, 0.3) is 0 Å². The highest BCUT2D eigenvalue weighted by atomic mass is 16.6. The van der Waals surface area contributed by atoms with Crippen molar-refractivity contribution in [3.8, 4) is 0 Å². The monoisotopic (exact) mass is 1100 g/mol. The van der Waals surface area contributed by atoms with E-state index < -0.39 is 6.10 Å². The molecule has 0 amide bonds. The lowest BCUT2D eigenvalue weighted by molar-refractivity contribution is -0.167. The molecule has 0 fully saturated rings. The van der Waals surface area contributed by atoms with E-state index >= 15 is 0 Å². The summed E-state index contributed by atoms with van der Waals surface area (Å²) in [7, 11) is 0. The van der Waals surface area contributed by atoms with E-state index in [-0.39, 0.29) is 31.1 Å². The van der Waals surface area contributed by atoms with Crippen LogP contribution in [0.15, 0.2) is 72.9 Å². The molecule has 0 aliphatic carbocycles. The van der Waals surface area contributed by atoms with Crippen molar-refractivity contribution in [2.24, 2.45) is 0 Å². The quantitative estimate of drug-likeness (QED) is 0.0261. The lowest BCUT2D eigenvalue weighted by Crippen LogP contribution is -2.30. The van der Waals surface area contributed by atoms with Gasteiger partial charge >= 0.3 is 17.9 Å². The fourth-order valence-electron chi connectivity index (χ4n) is 10.1. The first kappa shape index (κ1) is 75.8. The van der Waals surface area contributed by atoms with Crippen LogP contribution in [-0.4, -0.2) is 37.2 Å². The van der Waals surface area contributed by atoms with Gasteiger partial charge in [-0.3, -0.25) is 14.4 Å². The largest absolute Gasteiger partial charge is 0.462 e. The first-order chi connectivity index (χ1) is 39.0. The molecule has 0 radical (unpaired) electrons. The number of allylic oxidation sites excluding steroid dienone is 12. The van der Waals surface area contributed by atoms with Gasteiger partial charge in [0.2, 0.25) is 0 Å². The van der Waals surface area contributed by atoms with E-state index in [0.29, 0.717) is 19.3 Å². The van der Waals surface area contributed by atoms with E-state index in [2.05, 4.69) is 93.7 Å². The summed E-state index contributed by atoms with van der Waals surface area (Å²) < 4.78 is 17.0. The maximum absolute atomic E-state index is 13.0. The summed E-state index contributed by atoms with van der Waals surface area (Å²) in [5.41, 5.74) is 0. The number of hydrogen-bond donors (Lipinski definition) is 0. The van der Waals surface area contributed by atoms with Crippen LogP contribution in [0.2, 0.25) is 0 Å². The second-order valence-electron chi connectivity index (χ2n) is 23.1. The number of unbranched alkanes of at least 4 members (excludes halogenated alkanes) is 40. The molecule has 0 rings (SSSR count). The Morgan fingerprint density at radius 1 is 0.266 bits per heavy atom. The van der Waals surface area contributed by atoms with Crippen LogP contribution in [0.25, 0.3) is 0 Å². The first-order valence-electron chi connectivity index (χ1n) is 34.4. The molecule has 0 aromatic heterocycles. The smallest absolute Gasteiger partial charge is 0.306 e. The third-order valence-corrected chi connectivity index (χ3v) is 15.2. The van der Waals surface area contributed by atoms with Crippen LogP contribution in [0.1, 0.15) is 355 Å². The SMILES string of the molecule is CC/C=C\C/C=C\C/C=C\C/C=C\CCCCCCCCCCCCC(=O)OCC(COC(=O)CCCCCCCCC/C=C\C/C=C\CCCCC)OC(=O)CCCCCCCCCCCCCCCCCCCCCCC. The van der Waals surface area contributed by atoms with Gasteiger partial charge < -0.3 is 14.2 Å². The molecule has 6 nitrogen and oxygen atoms in total. The summed E-state index contributed by atoms with van der Waals surface area (Å²) in [5, 5.41) is 0. The molecule has 79 heavy (non-hydrogen) atoms. The summed E-state index contributed by atoms with van der Waals surface area (Å²) in [6, 6.07) is 0. The molecule has 1 atom stereocenters. The minimum atomic E-state index is -0.781. The van der Waals surface area contributed by atoms with Gasteiger partial charge in [0, 0.05) is 19.3 Å². The van der Waals surface area contributed by atoms with E-state index in [9.17, 15) is 14.4 Å². The van der Waals surface area contributed by atoms with E-state index in [1.165, 1.54) is 218 Å². The van der Waals surface area contributed by atoms with Gasteiger partial charge in [0.1, 0.15) is 13.2 Å². The first-order valence-corrected chi connectivity index (χ1v) is 34.4. The topological polar surface area (TPSA) is 78.9 Å². The molecular weight excluding hydrogens is 973 g/mol. The van der Waals surface area contributed by atoms with Crippen molar-refractivity contribution in [1.82, 2.24) is 0 Å². The van der Waals surface area contributed by atoms with Crippen molar-refractivity contribution in [2.75, 3.05) is 13.2 Å². The second kappa shape index (κ2) is 67.4.